The summed E-state index contributed by atoms with van der Waals surface area (Å²) in [6.45, 7) is 1.72. The van der Waals surface area contributed by atoms with Gasteiger partial charge in [-0.1, -0.05) is 18.5 Å². The fourth-order valence-electron chi connectivity index (χ4n) is 0.968. The third-order valence-corrected chi connectivity index (χ3v) is 3.17. The molecule has 1 heterocycles. The van der Waals surface area contributed by atoms with E-state index in [0.717, 1.165) is 15.6 Å². The van der Waals surface area contributed by atoms with Crippen LogP contribution in [-0.2, 0) is 11.2 Å². The molecular weight excluding hydrogens is 208 g/mol. The van der Waals surface area contributed by atoms with Gasteiger partial charge in [-0.2, -0.15) is 0 Å². The Morgan fingerprint density at radius 2 is 2.38 bits per heavy atom. The number of halogens is 1. The van der Waals surface area contributed by atoms with Crippen molar-refractivity contribution in [2.45, 2.75) is 19.8 Å². The van der Waals surface area contributed by atoms with E-state index >= 15 is 0 Å². The van der Waals surface area contributed by atoms with Gasteiger partial charge in [0.1, 0.15) is 0 Å². The summed E-state index contributed by atoms with van der Waals surface area (Å²) in [5.41, 5.74) is 0. The van der Waals surface area contributed by atoms with Crippen LogP contribution in [-0.4, -0.2) is 11.1 Å². The molecule has 0 aliphatic carbocycles. The lowest BCUT2D eigenvalue weighted by Gasteiger charge is -2.03. The Hall–Kier alpha value is -0.540. The van der Waals surface area contributed by atoms with Gasteiger partial charge in [0.05, 0.1) is 10.3 Å². The molecular formula is C9H11ClO2S. The van der Waals surface area contributed by atoms with Gasteiger partial charge < -0.3 is 5.11 Å². The molecule has 2 nitrogen and oxygen atoms in total. The molecule has 72 valence electrons. The lowest BCUT2D eigenvalue weighted by atomic mass is 10.1. The van der Waals surface area contributed by atoms with E-state index < -0.39 is 5.97 Å². The molecule has 0 bridgehead atoms. The van der Waals surface area contributed by atoms with Crippen molar-refractivity contribution in [2.75, 3.05) is 0 Å². The molecule has 0 aliphatic rings. The van der Waals surface area contributed by atoms with Gasteiger partial charge >= 0.3 is 5.97 Å². The SMILES string of the molecule is CC(CCc1ccc(Cl)s1)C(=O)O. The maximum atomic E-state index is 10.5. The van der Waals surface area contributed by atoms with Crippen LogP contribution in [0, 0.1) is 5.92 Å². The first-order valence-electron chi connectivity index (χ1n) is 4.06. The summed E-state index contributed by atoms with van der Waals surface area (Å²) in [7, 11) is 0. The van der Waals surface area contributed by atoms with E-state index in [2.05, 4.69) is 0 Å². The summed E-state index contributed by atoms with van der Waals surface area (Å²) in [4.78, 5) is 11.7. The summed E-state index contributed by atoms with van der Waals surface area (Å²) in [5.74, 6) is -1.01. The molecule has 13 heavy (non-hydrogen) atoms. The van der Waals surface area contributed by atoms with Crippen LogP contribution in [0.1, 0.15) is 18.2 Å². The molecule has 0 saturated carbocycles. The molecule has 0 radical (unpaired) electrons. The van der Waals surface area contributed by atoms with Gasteiger partial charge in [-0.3, -0.25) is 4.79 Å². The maximum absolute atomic E-state index is 10.5. The molecule has 0 spiro atoms. The number of carbonyl (C=O) groups is 1. The van der Waals surface area contributed by atoms with E-state index in [9.17, 15) is 4.79 Å². The second kappa shape index (κ2) is 4.63. The van der Waals surface area contributed by atoms with Gasteiger partial charge in [-0.25, -0.2) is 0 Å². The zero-order valence-corrected chi connectivity index (χ0v) is 8.86. The number of aryl methyl sites for hydroxylation is 1. The van der Waals surface area contributed by atoms with E-state index in [-0.39, 0.29) is 5.92 Å². The largest absolute Gasteiger partial charge is 0.481 e. The Bertz CT molecular complexity index is 296. The molecule has 0 saturated heterocycles. The lowest BCUT2D eigenvalue weighted by molar-refractivity contribution is -0.141. The Morgan fingerprint density at radius 3 is 2.85 bits per heavy atom. The first-order chi connectivity index (χ1) is 6.09. The average molecular weight is 219 g/mol. The molecule has 0 fully saturated rings. The highest BCUT2D eigenvalue weighted by Crippen LogP contribution is 2.23. The van der Waals surface area contributed by atoms with Crippen molar-refractivity contribution in [1.82, 2.24) is 0 Å². The van der Waals surface area contributed by atoms with Gasteiger partial charge in [0.2, 0.25) is 0 Å². The molecule has 0 aliphatic heterocycles. The summed E-state index contributed by atoms with van der Waals surface area (Å²) < 4.78 is 0.762. The van der Waals surface area contributed by atoms with Crippen LogP contribution >= 0.6 is 22.9 Å². The Balaban J connectivity index is 2.39. The standard InChI is InChI=1S/C9H11ClO2S/c1-6(9(11)12)2-3-7-4-5-8(10)13-7/h4-6H,2-3H2,1H3,(H,11,12). The predicted molar refractivity (Wildman–Crippen MR) is 54.4 cm³/mol. The Labute approximate surface area is 86.2 Å². The molecule has 0 amide bonds. The van der Waals surface area contributed by atoms with Crippen LogP contribution in [0.4, 0.5) is 0 Å². The van der Waals surface area contributed by atoms with Crippen molar-refractivity contribution >= 4 is 28.9 Å². The minimum atomic E-state index is -0.734. The Morgan fingerprint density at radius 1 is 1.69 bits per heavy atom. The third-order valence-electron chi connectivity index (χ3n) is 1.87. The van der Waals surface area contributed by atoms with E-state index in [1.165, 1.54) is 11.3 Å². The van der Waals surface area contributed by atoms with Gasteiger partial charge in [0.25, 0.3) is 0 Å². The van der Waals surface area contributed by atoms with Gasteiger partial charge in [-0.15, -0.1) is 11.3 Å². The van der Waals surface area contributed by atoms with Crippen molar-refractivity contribution in [3.05, 3.63) is 21.3 Å². The fourth-order valence-corrected chi connectivity index (χ4v) is 2.07. The van der Waals surface area contributed by atoms with Gasteiger partial charge in [0.15, 0.2) is 0 Å². The number of thiophene rings is 1. The van der Waals surface area contributed by atoms with Crippen LogP contribution < -0.4 is 0 Å². The number of carboxylic acids is 1. The van der Waals surface area contributed by atoms with Crippen molar-refractivity contribution in [3.63, 3.8) is 0 Å². The zero-order chi connectivity index (χ0) is 9.84. The number of hydrogen-bond donors (Lipinski definition) is 1. The lowest BCUT2D eigenvalue weighted by Crippen LogP contribution is -2.09. The van der Waals surface area contributed by atoms with E-state index in [4.69, 9.17) is 16.7 Å². The molecule has 1 N–H and O–H groups in total. The quantitative estimate of drug-likeness (QED) is 0.844. The van der Waals surface area contributed by atoms with E-state index in [1.807, 2.05) is 12.1 Å². The van der Waals surface area contributed by atoms with Crippen molar-refractivity contribution in [3.8, 4) is 0 Å². The highest BCUT2D eigenvalue weighted by molar-refractivity contribution is 7.16. The smallest absolute Gasteiger partial charge is 0.306 e. The number of hydrogen-bond acceptors (Lipinski definition) is 2. The average Bonchev–Trinajstić information content (AvgIpc) is 2.47. The highest BCUT2D eigenvalue weighted by atomic mass is 35.5. The predicted octanol–water partition coefficient (Wildman–Crippen LogP) is 3.05. The van der Waals surface area contributed by atoms with Gasteiger partial charge in [0, 0.05) is 4.88 Å². The van der Waals surface area contributed by atoms with E-state index in [0.29, 0.717) is 6.42 Å². The van der Waals surface area contributed by atoms with Crippen LogP contribution in [0.3, 0.4) is 0 Å². The van der Waals surface area contributed by atoms with Gasteiger partial charge in [-0.05, 0) is 25.0 Å². The molecule has 4 heteroatoms. The van der Waals surface area contributed by atoms with Crippen LogP contribution in [0.5, 0.6) is 0 Å². The molecule has 1 aromatic rings. The first kappa shape index (κ1) is 10.5. The number of aliphatic carboxylic acids is 1. The molecule has 1 rings (SSSR count). The minimum Gasteiger partial charge on any atom is -0.481 e. The van der Waals surface area contributed by atoms with Crippen LogP contribution in [0.25, 0.3) is 0 Å². The third kappa shape index (κ3) is 3.36. The minimum absolute atomic E-state index is 0.277. The molecule has 1 aromatic heterocycles. The summed E-state index contributed by atoms with van der Waals surface area (Å²) in [5, 5.41) is 8.64. The molecule has 1 unspecified atom stereocenters. The number of carboxylic acid groups (broad SMARTS) is 1. The van der Waals surface area contributed by atoms with Crippen molar-refractivity contribution < 1.29 is 9.90 Å². The summed E-state index contributed by atoms with van der Waals surface area (Å²) in [6, 6.07) is 3.79. The number of rotatable bonds is 4. The summed E-state index contributed by atoms with van der Waals surface area (Å²) in [6.07, 6.45) is 1.47. The zero-order valence-electron chi connectivity index (χ0n) is 7.29. The maximum Gasteiger partial charge on any atom is 0.306 e. The van der Waals surface area contributed by atoms with Crippen molar-refractivity contribution in [1.29, 1.82) is 0 Å². The molecule has 0 aromatic carbocycles. The fraction of sp³-hybridized carbons (Fsp3) is 0.444. The summed E-state index contributed by atoms with van der Waals surface area (Å²) >= 11 is 7.25. The second-order valence-corrected chi connectivity index (χ2v) is 4.78. The normalized spacial score (nSPS) is 12.8. The topological polar surface area (TPSA) is 37.3 Å². The van der Waals surface area contributed by atoms with Crippen LogP contribution in [0.15, 0.2) is 12.1 Å². The molecule has 1 atom stereocenters. The van der Waals surface area contributed by atoms with E-state index in [1.54, 1.807) is 6.92 Å². The van der Waals surface area contributed by atoms with Crippen LogP contribution in [0.2, 0.25) is 4.34 Å². The Kier molecular flexibility index (Phi) is 3.75. The first-order valence-corrected chi connectivity index (χ1v) is 5.26. The van der Waals surface area contributed by atoms with Crippen molar-refractivity contribution in [2.24, 2.45) is 5.92 Å². The monoisotopic (exact) mass is 218 g/mol. The second-order valence-electron chi connectivity index (χ2n) is 2.98. The highest BCUT2D eigenvalue weighted by Gasteiger charge is 2.10.